The Morgan fingerprint density at radius 2 is 1.58 bits per heavy atom. The van der Waals surface area contributed by atoms with Gasteiger partial charge in [0, 0.05) is 28.8 Å². The maximum Gasteiger partial charge on any atom is 0.274 e. The molecule has 0 spiro atoms. The number of hydrogen-bond acceptors (Lipinski definition) is 3. The average Bonchev–Trinajstić information content (AvgIpc) is 2.60. The molecule has 0 atom stereocenters. The molecule has 138 valence electrons. The van der Waals surface area contributed by atoms with Crippen molar-refractivity contribution in [3.63, 3.8) is 0 Å². The fourth-order valence-electron chi connectivity index (χ4n) is 2.52. The van der Waals surface area contributed by atoms with Gasteiger partial charge < -0.3 is 10.2 Å². The van der Waals surface area contributed by atoms with E-state index in [0.29, 0.717) is 28.8 Å². The molecule has 0 aliphatic carbocycles. The van der Waals surface area contributed by atoms with Crippen LogP contribution in [0.1, 0.15) is 47.7 Å². The van der Waals surface area contributed by atoms with Gasteiger partial charge in [0.15, 0.2) is 0 Å². The molecule has 2 amide bonds. The molecule has 0 unspecified atom stereocenters. The summed E-state index contributed by atoms with van der Waals surface area (Å²) in [6.07, 6.45) is 1.73. The first-order valence-corrected chi connectivity index (χ1v) is 9.24. The molecule has 1 N–H and O–H groups in total. The van der Waals surface area contributed by atoms with Crippen molar-refractivity contribution in [3.8, 4) is 0 Å². The van der Waals surface area contributed by atoms with Gasteiger partial charge in [-0.25, -0.2) is 4.98 Å². The number of amides is 2. The minimum absolute atomic E-state index is 0.153. The second-order valence-electron chi connectivity index (χ2n) is 5.81. The molecule has 0 bridgehead atoms. The molecule has 0 saturated carbocycles. The molecule has 0 aliphatic heterocycles. The Morgan fingerprint density at radius 1 is 1.00 bits per heavy atom. The van der Waals surface area contributed by atoms with E-state index in [9.17, 15) is 9.59 Å². The van der Waals surface area contributed by atoms with Crippen molar-refractivity contribution in [2.24, 2.45) is 0 Å². The minimum atomic E-state index is -0.435. The van der Waals surface area contributed by atoms with Crippen LogP contribution in [0.25, 0.3) is 0 Å². The van der Waals surface area contributed by atoms with E-state index in [1.54, 1.807) is 41.3 Å². The van der Waals surface area contributed by atoms with Gasteiger partial charge in [-0.15, -0.1) is 0 Å². The number of benzene rings is 1. The zero-order valence-corrected chi connectivity index (χ0v) is 16.3. The summed E-state index contributed by atoms with van der Waals surface area (Å²) in [6, 6.07) is 9.58. The fraction of sp³-hybridized carbons (Fsp3) is 0.316. The van der Waals surface area contributed by atoms with Gasteiger partial charge in [0.25, 0.3) is 11.8 Å². The number of pyridine rings is 1. The Labute approximate surface area is 163 Å². The molecule has 1 aromatic heterocycles. The summed E-state index contributed by atoms with van der Waals surface area (Å²) in [6.45, 7) is 5.35. The Bertz CT molecular complexity index is 770. The van der Waals surface area contributed by atoms with Gasteiger partial charge in [-0.1, -0.05) is 43.1 Å². The Morgan fingerprint density at radius 3 is 2.15 bits per heavy atom. The van der Waals surface area contributed by atoms with Crippen molar-refractivity contribution in [1.29, 1.82) is 0 Å². The Hall–Kier alpha value is -2.11. The van der Waals surface area contributed by atoms with Crippen molar-refractivity contribution in [2.75, 3.05) is 18.4 Å². The molecule has 2 rings (SSSR count). The fourth-order valence-corrected chi connectivity index (χ4v) is 3.04. The first-order valence-electron chi connectivity index (χ1n) is 8.48. The predicted octanol–water partition coefficient (Wildman–Crippen LogP) is 4.90. The molecule has 0 radical (unpaired) electrons. The number of nitrogens with zero attached hydrogens (tertiary/aromatic N) is 2. The predicted molar refractivity (Wildman–Crippen MR) is 105 cm³/mol. The van der Waals surface area contributed by atoms with Gasteiger partial charge in [-0.05, 0) is 43.2 Å². The number of halogens is 2. The highest BCUT2D eigenvalue weighted by molar-refractivity contribution is 6.35. The number of anilines is 1. The molecular weight excluding hydrogens is 373 g/mol. The number of aromatic nitrogens is 1. The van der Waals surface area contributed by atoms with E-state index >= 15 is 0 Å². The van der Waals surface area contributed by atoms with Gasteiger partial charge in [-0.2, -0.15) is 0 Å². The van der Waals surface area contributed by atoms with Crippen LogP contribution in [0.3, 0.4) is 0 Å². The monoisotopic (exact) mass is 393 g/mol. The van der Waals surface area contributed by atoms with Gasteiger partial charge >= 0.3 is 0 Å². The molecule has 0 saturated heterocycles. The molecule has 5 nitrogen and oxygen atoms in total. The summed E-state index contributed by atoms with van der Waals surface area (Å²) in [4.78, 5) is 31.1. The minimum Gasteiger partial charge on any atom is -0.337 e. The summed E-state index contributed by atoms with van der Waals surface area (Å²) in [5.74, 6) is -0.607. The van der Waals surface area contributed by atoms with Crippen LogP contribution in [0.15, 0.2) is 36.4 Å². The van der Waals surface area contributed by atoms with Crippen molar-refractivity contribution < 1.29 is 9.59 Å². The summed E-state index contributed by atoms with van der Waals surface area (Å²) < 4.78 is 0. The van der Waals surface area contributed by atoms with E-state index in [4.69, 9.17) is 23.2 Å². The molecule has 26 heavy (non-hydrogen) atoms. The largest absolute Gasteiger partial charge is 0.337 e. The van der Waals surface area contributed by atoms with Crippen molar-refractivity contribution in [2.45, 2.75) is 26.7 Å². The second-order valence-corrected chi connectivity index (χ2v) is 6.69. The quantitative estimate of drug-likeness (QED) is 0.726. The molecule has 0 aliphatic rings. The highest BCUT2D eigenvalue weighted by Crippen LogP contribution is 2.22. The standard InChI is InChI=1S/C19H21Cl2N3O2/c1-3-8-24(9-4-2)19(26)17-7-5-6-16(23-17)18(25)22-15-11-13(20)10-14(21)12-15/h5-7,10-12H,3-4,8-9H2,1-2H3,(H,22,25). The zero-order chi connectivity index (χ0) is 19.1. The van der Waals surface area contributed by atoms with Crippen LogP contribution in [0.2, 0.25) is 10.0 Å². The highest BCUT2D eigenvalue weighted by atomic mass is 35.5. The maximum atomic E-state index is 12.6. The lowest BCUT2D eigenvalue weighted by Crippen LogP contribution is -2.33. The van der Waals surface area contributed by atoms with Crippen molar-refractivity contribution in [3.05, 3.63) is 57.8 Å². The lowest BCUT2D eigenvalue weighted by molar-refractivity contribution is 0.0749. The van der Waals surface area contributed by atoms with E-state index < -0.39 is 5.91 Å². The van der Waals surface area contributed by atoms with Crippen LogP contribution < -0.4 is 5.32 Å². The number of nitrogens with one attached hydrogen (secondary N) is 1. The van der Waals surface area contributed by atoms with Crippen LogP contribution in [0.5, 0.6) is 0 Å². The SMILES string of the molecule is CCCN(CCC)C(=O)c1cccc(C(=O)Nc2cc(Cl)cc(Cl)c2)n1. The van der Waals surface area contributed by atoms with Crippen LogP contribution in [0.4, 0.5) is 5.69 Å². The van der Waals surface area contributed by atoms with E-state index in [1.807, 2.05) is 13.8 Å². The molecular formula is C19H21Cl2N3O2. The lowest BCUT2D eigenvalue weighted by atomic mass is 10.2. The topological polar surface area (TPSA) is 62.3 Å². The summed E-state index contributed by atoms with van der Waals surface area (Å²) in [7, 11) is 0. The first-order chi connectivity index (χ1) is 12.4. The normalized spacial score (nSPS) is 10.5. The van der Waals surface area contributed by atoms with E-state index in [-0.39, 0.29) is 17.3 Å². The third-order valence-corrected chi connectivity index (χ3v) is 4.03. The zero-order valence-electron chi connectivity index (χ0n) is 14.8. The van der Waals surface area contributed by atoms with Crippen LogP contribution in [-0.4, -0.2) is 34.8 Å². The number of carbonyl (C=O) groups excluding carboxylic acids is 2. The van der Waals surface area contributed by atoms with Gasteiger partial charge in [0.2, 0.25) is 0 Å². The number of carbonyl (C=O) groups is 2. The molecule has 7 heteroatoms. The second kappa shape index (κ2) is 9.55. The van der Waals surface area contributed by atoms with E-state index in [0.717, 1.165) is 12.8 Å². The van der Waals surface area contributed by atoms with Crippen LogP contribution in [-0.2, 0) is 0 Å². The summed E-state index contributed by atoms with van der Waals surface area (Å²) in [5.41, 5.74) is 0.869. The van der Waals surface area contributed by atoms with E-state index in [2.05, 4.69) is 10.3 Å². The Balaban J connectivity index is 2.19. The maximum absolute atomic E-state index is 12.6. The van der Waals surface area contributed by atoms with E-state index in [1.165, 1.54) is 0 Å². The molecule has 0 fully saturated rings. The molecule has 1 aromatic carbocycles. The third-order valence-electron chi connectivity index (χ3n) is 3.60. The molecule has 1 heterocycles. The Kier molecular flexibility index (Phi) is 7.42. The van der Waals surface area contributed by atoms with Gasteiger partial charge in [0.1, 0.15) is 11.4 Å². The van der Waals surface area contributed by atoms with Gasteiger partial charge in [0.05, 0.1) is 0 Å². The number of hydrogen-bond donors (Lipinski definition) is 1. The first kappa shape index (κ1) is 20.2. The number of rotatable bonds is 7. The third kappa shape index (κ3) is 5.44. The average molecular weight is 394 g/mol. The lowest BCUT2D eigenvalue weighted by Gasteiger charge is -2.21. The smallest absolute Gasteiger partial charge is 0.274 e. The van der Waals surface area contributed by atoms with Crippen molar-refractivity contribution >= 4 is 40.7 Å². The van der Waals surface area contributed by atoms with Gasteiger partial charge in [-0.3, -0.25) is 9.59 Å². The molecule has 2 aromatic rings. The van der Waals surface area contributed by atoms with Crippen LogP contribution in [0, 0.1) is 0 Å². The summed E-state index contributed by atoms with van der Waals surface area (Å²) >= 11 is 11.9. The summed E-state index contributed by atoms with van der Waals surface area (Å²) in [5, 5.41) is 3.52. The van der Waals surface area contributed by atoms with Crippen molar-refractivity contribution in [1.82, 2.24) is 9.88 Å². The van der Waals surface area contributed by atoms with Crippen LogP contribution >= 0.6 is 23.2 Å². The highest BCUT2D eigenvalue weighted by Gasteiger charge is 2.17.